The average Bonchev–Trinajstić information content (AvgIpc) is 2.47. The van der Waals surface area contributed by atoms with E-state index in [0.29, 0.717) is 0 Å². The summed E-state index contributed by atoms with van der Waals surface area (Å²) in [4.78, 5) is 49.1. The summed E-state index contributed by atoms with van der Waals surface area (Å²) < 4.78 is 0. The lowest BCUT2D eigenvalue weighted by Crippen LogP contribution is -2.34. The lowest BCUT2D eigenvalue weighted by Gasteiger charge is -2.18. The van der Waals surface area contributed by atoms with Gasteiger partial charge in [0, 0.05) is 6.42 Å². The van der Waals surface area contributed by atoms with Crippen molar-refractivity contribution in [3.63, 3.8) is 0 Å². The minimum atomic E-state index is -1.10. The van der Waals surface area contributed by atoms with Crippen molar-refractivity contribution in [2.75, 3.05) is 0 Å². The molecular weight excluding hydrogens is 242 g/mol. The van der Waals surface area contributed by atoms with E-state index in [1.807, 2.05) is 9.97 Å². The van der Waals surface area contributed by atoms with Crippen molar-refractivity contribution >= 4 is 11.8 Å². The van der Waals surface area contributed by atoms with Crippen molar-refractivity contribution in [3.8, 4) is 5.88 Å². The number of carbonyl (C=O) groups excluding carboxylic acids is 2. The standard InChI is InChI=1S/C10H11N3O5/c1-10(3-5(14)11-8(10)17)2-4-6(15)12-9(18)13-7(4)16/h2-3H2,1H3,(H,11,14,17)(H3,12,13,15,16,18). The van der Waals surface area contributed by atoms with Gasteiger partial charge in [0.05, 0.1) is 11.0 Å². The minimum Gasteiger partial charge on any atom is -0.494 e. The first-order valence-corrected chi connectivity index (χ1v) is 5.20. The zero-order valence-corrected chi connectivity index (χ0v) is 9.49. The Morgan fingerprint density at radius 3 is 2.39 bits per heavy atom. The summed E-state index contributed by atoms with van der Waals surface area (Å²) in [6.07, 6.45) is -0.202. The van der Waals surface area contributed by atoms with E-state index >= 15 is 0 Å². The summed E-state index contributed by atoms with van der Waals surface area (Å²) in [5.74, 6) is -1.52. The molecule has 0 saturated carbocycles. The Morgan fingerprint density at radius 2 is 1.89 bits per heavy atom. The highest BCUT2D eigenvalue weighted by Gasteiger charge is 2.43. The van der Waals surface area contributed by atoms with E-state index in [1.165, 1.54) is 6.92 Å². The molecule has 1 fully saturated rings. The summed E-state index contributed by atoms with van der Waals surface area (Å²) in [7, 11) is 0. The molecule has 18 heavy (non-hydrogen) atoms. The van der Waals surface area contributed by atoms with Gasteiger partial charge in [0.1, 0.15) is 0 Å². The Morgan fingerprint density at radius 1 is 1.22 bits per heavy atom. The molecule has 1 unspecified atom stereocenters. The van der Waals surface area contributed by atoms with Gasteiger partial charge in [-0.2, -0.15) is 0 Å². The van der Waals surface area contributed by atoms with Crippen LogP contribution in [0, 0.1) is 5.41 Å². The van der Waals surface area contributed by atoms with Crippen LogP contribution in [0.5, 0.6) is 5.88 Å². The third kappa shape index (κ3) is 1.92. The molecule has 1 saturated heterocycles. The fraction of sp³-hybridized carbons (Fsp3) is 0.400. The topological polar surface area (TPSA) is 132 Å². The first-order valence-electron chi connectivity index (χ1n) is 5.20. The predicted octanol–water partition coefficient (Wildman–Crippen LogP) is -1.64. The molecule has 4 N–H and O–H groups in total. The average molecular weight is 253 g/mol. The molecule has 1 aromatic rings. The van der Waals surface area contributed by atoms with E-state index in [0.717, 1.165) is 0 Å². The van der Waals surface area contributed by atoms with Crippen LogP contribution in [0.15, 0.2) is 9.59 Å². The van der Waals surface area contributed by atoms with Crippen molar-refractivity contribution < 1.29 is 14.7 Å². The van der Waals surface area contributed by atoms with Gasteiger partial charge in [-0.15, -0.1) is 0 Å². The first kappa shape index (κ1) is 12.1. The fourth-order valence-electron chi connectivity index (χ4n) is 1.95. The number of nitrogens with one attached hydrogen (secondary N) is 3. The van der Waals surface area contributed by atoms with Crippen LogP contribution in [0.3, 0.4) is 0 Å². The van der Waals surface area contributed by atoms with Crippen LogP contribution >= 0.6 is 0 Å². The van der Waals surface area contributed by atoms with Crippen molar-refractivity contribution in [3.05, 3.63) is 26.4 Å². The number of aromatic nitrogens is 2. The Kier molecular flexibility index (Phi) is 2.57. The second-order valence-electron chi connectivity index (χ2n) is 4.53. The van der Waals surface area contributed by atoms with Crippen molar-refractivity contribution in [1.29, 1.82) is 0 Å². The minimum absolute atomic E-state index is 0.0656. The molecule has 2 rings (SSSR count). The van der Waals surface area contributed by atoms with Crippen LogP contribution < -0.4 is 16.6 Å². The van der Waals surface area contributed by atoms with Crippen LogP contribution in [0.4, 0.5) is 0 Å². The Labute approximate surface area is 100 Å². The van der Waals surface area contributed by atoms with Crippen LogP contribution in [0.2, 0.25) is 0 Å². The van der Waals surface area contributed by atoms with Gasteiger partial charge in [-0.1, -0.05) is 0 Å². The fourth-order valence-corrected chi connectivity index (χ4v) is 1.95. The molecule has 1 aliphatic rings. The quantitative estimate of drug-likeness (QED) is 0.469. The second kappa shape index (κ2) is 3.83. The maximum atomic E-state index is 11.6. The van der Waals surface area contributed by atoms with Gasteiger partial charge in [-0.3, -0.25) is 29.7 Å². The molecule has 1 aromatic heterocycles. The smallest absolute Gasteiger partial charge is 0.328 e. The molecule has 8 heteroatoms. The first-order chi connectivity index (χ1) is 8.32. The van der Waals surface area contributed by atoms with Gasteiger partial charge in [-0.25, -0.2) is 4.79 Å². The van der Waals surface area contributed by atoms with Crippen molar-refractivity contribution in [1.82, 2.24) is 15.3 Å². The van der Waals surface area contributed by atoms with Gasteiger partial charge >= 0.3 is 5.69 Å². The third-order valence-corrected chi connectivity index (χ3v) is 2.94. The van der Waals surface area contributed by atoms with Crippen LogP contribution in [0.1, 0.15) is 18.9 Å². The van der Waals surface area contributed by atoms with Gasteiger partial charge in [0.25, 0.3) is 5.56 Å². The molecule has 2 amide bonds. The maximum Gasteiger partial charge on any atom is 0.328 e. The number of imide groups is 1. The molecule has 0 bridgehead atoms. The molecule has 1 atom stereocenters. The van der Waals surface area contributed by atoms with E-state index in [2.05, 4.69) is 5.32 Å². The highest BCUT2D eigenvalue weighted by atomic mass is 16.3. The zero-order valence-electron chi connectivity index (χ0n) is 9.49. The normalized spacial score (nSPS) is 23.2. The summed E-state index contributed by atoms with van der Waals surface area (Å²) in [5, 5.41) is 11.6. The molecule has 0 aliphatic carbocycles. The lowest BCUT2D eigenvalue weighted by atomic mass is 9.82. The van der Waals surface area contributed by atoms with E-state index < -0.39 is 34.4 Å². The molecule has 8 nitrogen and oxygen atoms in total. The number of hydrogen-bond acceptors (Lipinski definition) is 5. The number of hydrogen-bond donors (Lipinski definition) is 4. The predicted molar refractivity (Wildman–Crippen MR) is 58.9 cm³/mol. The molecule has 1 aliphatic heterocycles. The van der Waals surface area contributed by atoms with Crippen molar-refractivity contribution in [2.45, 2.75) is 19.8 Å². The number of H-pyrrole nitrogens is 2. The second-order valence-corrected chi connectivity index (χ2v) is 4.53. The molecule has 0 spiro atoms. The van der Waals surface area contributed by atoms with E-state index in [1.54, 1.807) is 0 Å². The van der Waals surface area contributed by atoms with Gasteiger partial charge < -0.3 is 5.11 Å². The third-order valence-electron chi connectivity index (χ3n) is 2.94. The Bertz CT molecular complexity index is 644. The van der Waals surface area contributed by atoms with Gasteiger partial charge in [0.2, 0.25) is 17.7 Å². The summed E-state index contributed by atoms with van der Waals surface area (Å²) >= 11 is 0. The van der Waals surface area contributed by atoms with E-state index in [4.69, 9.17) is 0 Å². The number of carbonyl (C=O) groups is 2. The molecule has 2 heterocycles. The van der Waals surface area contributed by atoms with E-state index in [-0.39, 0.29) is 18.4 Å². The molecule has 0 aromatic carbocycles. The maximum absolute atomic E-state index is 11.6. The van der Waals surface area contributed by atoms with Crippen LogP contribution in [-0.4, -0.2) is 26.9 Å². The monoisotopic (exact) mass is 253 g/mol. The highest BCUT2D eigenvalue weighted by molar-refractivity contribution is 6.05. The van der Waals surface area contributed by atoms with Gasteiger partial charge in [0.15, 0.2) is 0 Å². The largest absolute Gasteiger partial charge is 0.494 e. The van der Waals surface area contributed by atoms with Crippen LogP contribution in [0.25, 0.3) is 0 Å². The SMILES string of the molecule is CC1(Cc2c(O)[nH]c(=O)[nH]c2=O)CC(=O)NC1=O. The van der Waals surface area contributed by atoms with E-state index in [9.17, 15) is 24.3 Å². The molecule has 0 radical (unpaired) electrons. The Hall–Kier alpha value is -2.38. The summed E-state index contributed by atoms with van der Waals surface area (Å²) in [6.45, 7) is 1.51. The van der Waals surface area contributed by atoms with Crippen molar-refractivity contribution in [2.24, 2.45) is 5.41 Å². The number of aromatic hydroxyl groups is 1. The zero-order chi connectivity index (χ0) is 13.5. The highest BCUT2D eigenvalue weighted by Crippen LogP contribution is 2.31. The van der Waals surface area contributed by atoms with Crippen LogP contribution in [-0.2, 0) is 16.0 Å². The molecular formula is C10H11N3O5. The number of amides is 2. The molecule has 96 valence electrons. The summed E-state index contributed by atoms with van der Waals surface area (Å²) in [5.41, 5.74) is -2.83. The van der Waals surface area contributed by atoms with Gasteiger partial charge in [-0.05, 0) is 13.3 Å². The number of aromatic amines is 2. The lowest BCUT2D eigenvalue weighted by molar-refractivity contribution is -0.128. The summed E-state index contributed by atoms with van der Waals surface area (Å²) in [6, 6.07) is 0. The number of rotatable bonds is 2. The Balaban J connectivity index is 2.42.